The minimum atomic E-state index is -0.0315. The van der Waals surface area contributed by atoms with Crippen molar-refractivity contribution in [2.24, 2.45) is 0 Å². The van der Waals surface area contributed by atoms with Crippen molar-refractivity contribution < 1.29 is 8.83 Å². The third-order valence-corrected chi connectivity index (χ3v) is 13.4. The van der Waals surface area contributed by atoms with Crippen LogP contribution in [0.15, 0.2) is 209 Å². The summed E-state index contributed by atoms with van der Waals surface area (Å²) >= 11 is 0. The van der Waals surface area contributed by atoms with E-state index in [0.717, 1.165) is 82.8 Å². The van der Waals surface area contributed by atoms with Gasteiger partial charge in [-0.15, -0.1) is 0 Å². The molecule has 0 radical (unpaired) electrons. The second-order valence-corrected chi connectivity index (χ2v) is 17.6. The van der Waals surface area contributed by atoms with E-state index in [1.54, 1.807) is 0 Å². The van der Waals surface area contributed by atoms with Gasteiger partial charge in [0.2, 0.25) is 0 Å². The van der Waals surface area contributed by atoms with Gasteiger partial charge in [-0.05, 0) is 104 Å². The van der Waals surface area contributed by atoms with E-state index in [0.29, 0.717) is 17.5 Å². The molecule has 0 saturated heterocycles. The monoisotopic (exact) mass is 833 g/mol. The van der Waals surface area contributed by atoms with E-state index >= 15 is 0 Å². The van der Waals surface area contributed by atoms with Gasteiger partial charge in [0, 0.05) is 43.7 Å². The molecule has 0 unspecified atom stereocenters. The van der Waals surface area contributed by atoms with Crippen LogP contribution in [-0.4, -0.2) is 15.0 Å². The molecular weight excluding hydrogens is 795 g/mol. The zero-order valence-corrected chi connectivity index (χ0v) is 35.7. The molecule has 13 rings (SSSR count). The number of fused-ring (bicyclic) bond motifs is 9. The number of para-hydroxylation sites is 1. The SMILES string of the molecule is CC1(C)c2ccccc2-c2cc(-c3cccc(-c4ccc5oc6cccc(-c7nc(-c8ccc(-c9ccccc9)cc8)nc(-c8ccc9c(c8)oc8ccccc89)n7)c6c5c4)c3)ccc21. The smallest absolute Gasteiger partial charge is 0.164 e. The second-order valence-electron chi connectivity index (χ2n) is 17.6. The fraction of sp³-hybridized carbons (Fsp3) is 0.0500. The Kier molecular flexibility index (Phi) is 8.18. The number of nitrogens with zero attached hydrogens (tertiary/aromatic N) is 3. The minimum absolute atomic E-state index is 0.0315. The van der Waals surface area contributed by atoms with Crippen LogP contribution in [-0.2, 0) is 5.41 Å². The highest BCUT2D eigenvalue weighted by Crippen LogP contribution is 2.50. The molecular formula is C60H39N3O2. The van der Waals surface area contributed by atoms with Crippen LogP contribution < -0.4 is 0 Å². The summed E-state index contributed by atoms with van der Waals surface area (Å²) in [5.74, 6) is 1.69. The first-order valence-electron chi connectivity index (χ1n) is 22.1. The summed E-state index contributed by atoms with van der Waals surface area (Å²) in [5, 5.41) is 4.08. The highest BCUT2D eigenvalue weighted by molar-refractivity contribution is 6.13. The summed E-state index contributed by atoms with van der Waals surface area (Å²) < 4.78 is 12.9. The third-order valence-electron chi connectivity index (χ3n) is 13.4. The maximum absolute atomic E-state index is 6.57. The predicted octanol–water partition coefficient (Wildman–Crippen LogP) is 16.0. The number of hydrogen-bond donors (Lipinski definition) is 0. The number of aromatic nitrogens is 3. The van der Waals surface area contributed by atoms with Gasteiger partial charge >= 0.3 is 0 Å². The molecule has 0 spiro atoms. The van der Waals surface area contributed by atoms with Gasteiger partial charge in [0.05, 0.1) is 0 Å². The van der Waals surface area contributed by atoms with Crippen molar-refractivity contribution in [3.8, 4) is 78.7 Å². The zero-order chi connectivity index (χ0) is 43.2. The number of rotatable bonds is 6. The Labute approximate surface area is 375 Å². The molecule has 1 aliphatic rings. The fourth-order valence-electron chi connectivity index (χ4n) is 10.0. The van der Waals surface area contributed by atoms with E-state index in [1.165, 1.54) is 33.4 Å². The Morgan fingerprint density at radius 2 is 0.846 bits per heavy atom. The van der Waals surface area contributed by atoms with Gasteiger partial charge < -0.3 is 8.83 Å². The summed E-state index contributed by atoms with van der Waals surface area (Å²) in [4.78, 5) is 15.6. The lowest BCUT2D eigenvalue weighted by atomic mass is 9.82. The van der Waals surface area contributed by atoms with Gasteiger partial charge in [0.25, 0.3) is 0 Å². The quantitative estimate of drug-likeness (QED) is 0.167. The van der Waals surface area contributed by atoms with Crippen molar-refractivity contribution in [2.75, 3.05) is 0 Å². The summed E-state index contributed by atoms with van der Waals surface area (Å²) in [5.41, 5.74) is 18.0. The topological polar surface area (TPSA) is 65.0 Å². The maximum atomic E-state index is 6.57. The predicted molar refractivity (Wildman–Crippen MR) is 265 cm³/mol. The molecule has 0 bridgehead atoms. The van der Waals surface area contributed by atoms with Gasteiger partial charge in [0.15, 0.2) is 17.5 Å². The summed E-state index contributed by atoms with van der Waals surface area (Å²) in [6.07, 6.45) is 0. The largest absolute Gasteiger partial charge is 0.456 e. The lowest BCUT2D eigenvalue weighted by molar-refractivity contribution is 0.660. The van der Waals surface area contributed by atoms with Crippen molar-refractivity contribution in [1.29, 1.82) is 0 Å². The number of benzene rings is 9. The van der Waals surface area contributed by atoms with Crippen molar-refractivity contribution in [3.05, 3.63) is 211 Å². The summed E-state index contributed by atoms with van der Waals surface area (Å²) in [6, 6.07) is 70.3. The highest BCUT2D eigenvalue weighted by atomic mass is 16.3. The molecule has 0 saturated carbocycles. The van der Waals surface area contributed by atoms with Crippen LogP contribution >= 0.6 is 0 Å². The Morgan fingerprint density at radius 1 is 0.308 bits per heavy atom. The lowest BCUT2D eigenvalue weighted by Gasteiger charge is -2.21. The van der Waals surface area contributed by atoms with Crippen LogP contribution in [0.25, 0.3) is 123 Å². The molecule has 5 heteroatoms. The van der Waals surface area contributed by atoms with Crippen LogP contribution in [0.5, 0.6) is 0 Å². The van der Waals surface area contributed by atoms with E-state index in [1.807, 2.05) is 42.5 Å². The minimum Gasteiger partial charge on any atom is -0.456 e. The van der Waals surface area contributed by atoms with Gasteiger partial charge in [0.1, 0.15) is 22.3 Å². The highest BCUT2D eigenvalue weighted by Gasteiger charge is 2.35. The summed E-state index contributed by atoms with van der Waals surface area (Å²) in [7, 11) is 0. The van der Waals surface area contributed by atoms with E-state index in [9.17, 15) is 0 Å². The summed E-state index contributed by atoms with van der Waals surface area (Å²) in [6.45, 7) is 4.65. The average molecular weight is 834 g/mol. The number of furan rings is 2. The molecule has 0 N–H and O–H groups in total. The average Bonchev–Trinajstić information content (AvgIpc) is 4.01. The van der Waals surface area contributed by atoms with Gasteiger partial charge in [-0.25, -0.2) is 15.0 Å². The van der Waals surface area contributed by atoms with E-state index < -0.39 is 0 Å². The third kappa shape index (κ3) is 6.04. The molecule has 65 heavy (non-hydrogen) atoms. The van der Waals surface area contributed by atoms with Crippen LogP contribution in [0.4, 0.5) is 0 Å². The molecule has 1 aliphatic carbocycles. The molecule has 0 amide bonds. The first kappa shape index (κ1) is 37.2. The Hall–Kier alpha value is -8.41. The van der Waals surface area contributed by atoms with Crippen LogP contribution in [0, 0.1) is 0 Å². The maximum Gasteiger partial charge on any atom is 0.164 e. The van der Waals surface area contributed by atoms with E-state index in [-0.39, 0.29) is 5.41 Å². The lowest BCUT2D eigenvalue weighted by Crippen LogP contribution is -2.14. The van der Waals surface area contributed by atoms with Gasteiger partial charge in [-0.1, -0.05) is 166 Å². The standard InChI is InChI=1S/C60H39N3O2/c1-60(2)50-19-8-6-16-44(50)48-33-41(27-30-51(48)60)39-14-10-15-40(32-39)42-28-31-53-49(34-42)56-47(18-11-21-54(56)64-53)59-62-57(38-24-22-37(23-25-38)36-12-4-3-5-13-36)61-58(63-59)43-26-29-46-45-17-7-9-20-52(45)65-55(46)35-43/h3-35H,1-2H3. The van der Waals surface area contributed by atoms with Crippen LogP contribution in [0.1, 0.15) is 25.0 Å². The molecule has 3 aromatic heterocycles. The zero-order valence-electron chi connectivity index (χ0n) is 35.7. The molecule has 0 aliphatic heterocycles. The molecule has 5 nitrogen and oxygen atoms in total. The molecule has 12 aromatic rings. The van der Waals surface area contributed by atoms with E-state index in [2.05, 4.69) is 172 Å². The first-order valence-corrected chi connectivity index (χ1v) is 22.1. The molecule has 3 heterocycles. The van der Waals surface area contributed by atoms with Crippen molar-refractivity contribution in [3.63, 3.8) is 0 Å². The van der Waals surface area contributed by atoms with Crippen molar-refractivity contribution >= 4 is 43.9 Å². The molecule has 0 atom stereocenters. The van der Waals surface area contributed by atoms with Crippen molar-refractivity contribution in [2.45, 2.75) is 19.3 Å². The van der Waals surface area contributed by atoms with Crippen LogP contribution in [0.3, 0.4) is 0 Å². The Bertz CT molecular complexity index is 3860. The van der Waals surface area contributed by atoms with Crippen LogP contribution in [0.2, 0.25) is 0 Å². The number of hydrogen-bond acceptors (Lipinski definition) is 5. The molecule has 9 aromatic carbocycles. The van der Waals surface area contributed by atoms with Gasteiger partial charge in [-0.2, -0.15) is 0 Å². The van der Waals surface area contributed by atoms with Crippen molar-refractivity contribution in [1.82, 2.24) is 15.0 Å². The molecule has 306 valence electrons. The Balaban J connectivity index is 0.937. The second kappa shape index (κ2) is 14.3. The van der Waals surface area contributed by atoms with Gasteiger partial charge in [-0.3, -0.25) is 0 Å². The van der Waals surface area contributed by atoms with E-state index in [4.69, 9.17) is 23.8 Å². The Morgan fingerprint density at radius 3 is 1.71 bits per heavy atom. The fourth-order valence-corrected chi connectivity index (χ4v) is 10.0. The molecule has 0 fully saturated rings. The first-order chi connectivity index (χ1) is 31.9. The normalized spacial score (nSPS) is 12.9.